The predicted molar refractivity (Wildman–Crippen MR) is 100 cm³/mol. The first-order chi connectivity index (χ1) is 12.0. The fraction of sp³-hybridized carbons (Fsp3) is 0.211. The molecular weight excluding hydrogens is 336 g/mol. The highest BCUT2D eigenvalue weighted by Crippen LogP contribution is 2.15. The number of methoxy groups -OCH3 is 1. The minimum atomic E-state index is -3.71. The summed E-state index contributed by atoms with van der Waals surface area (Å²) in [6, 6.07) is 13.9. The topological polar surface area (TPSA) is 67.8 Å². The summed E-state index contributed by atoms with van der Waals surface area (Å²) < 4.78 is 29.9. The molecule has 0 unspecified atom stereocenters. The van der Waals surface area contributed by atoms with Crippen LogP contribution in [0, 0.1) is 6.92 Å². The Labute approximate surface area is 149 Å². The molecule has 132 valence electrons. The molecule has 2 aromatic carbocycles. The van der Waals surface area contributed by atoms with Gasteiger partial charge in [-0.1, -0.05) is 23.8 Å². The molecule has 25 heavy (non-hydrogen) atoms. The average Bonchev–Trinajstić information content (AvgIpc) is 2.62. The Balaban J connectivity index is 2.26. The van der Waals surface area contributed by atoms with Crippen LogP contribution in [0.25, 0.3) is 0 Å². The van der Waals surface area contributed by atoms with Crippen LogP contribution in [0.1, 0.15) is 24.0 Å². The third-order valence-corrected chi connectivity index (χ3v) is 4.86. The molecule has 0 bridgehead atoms. The van der Waals surface area contributed by atoms with Crippen LogP contribution in [-0.2, 0) is 10.0 Å². The van der Waals surface area contributed by atoms with E-state index in [9.17, 15) is 8.42 Å². The molecule has 0 atom stereocenters. The Kier molecular flexibility index (Phi) is 6.36. The summed E-state index contributed by atoms with van der Waals surface area (Å²) in [7, 11) is -2.11. The number of ether oxygens (including phenoxy) is 1. The standard InChI is InChI=1S/C19H22N2O3S/c1-4-5-6-19(16-9-11-17(24-3)12-10-16)20-21-25(22,23)18-13-7-15(2)8-14-18/h4,7-14,21H,1,5-6H2,2-3H3/b20-19+. The van der Waals surface area contributed by atoms with Gasteiger partial charge in [0.25, 0.3) is 10.0 Å². The van der Waals surface area contributed by atoms with Crippen molar-refractivity contribution in [3.05, 3.63) is 72.3 Å². The Morgan fingerprint density at radius 1 is 1.16 bits per heavy atom. The van der Waals surface area contributed by atoms with Gasteiger partial charge in [0.15, 0.2) is 0 Å². The molecule has 6 heteroatoms. The lowest BCUT2D eigenvalue weighted by Gasteiger charge is -2.09. The second kappa shape index (κ2) is 8.48. The van der Waals surface area contributed by atoms with E-state index in [0.717, 1.165) is 16.9 Å². The van der Waals surface area contributed by atoms with Gasteiger partial charge in [0.05, 0.1) is 17.7 Å². The number of nitrogens with one attached hydrogen (secondary N) is 1. The van der Waals surface area contributed by atoms with Gasteiger partial charge in [0.1, 0.15) is 5.75 Å². The molecule has 0 amide bonds. The number of aryl methyl sites for hydroxylation is 1. The molecule has 0 aliphatic carbocycles. The van der Waals surface area contributed by atoms with Crippen molar-refractivity contribution in [3.63, 3.8) is 0 Å². The number of rotatable bonds is 8. The molecule has 2 aromatic rings. The first-order valence-electron chi connectivity index (χ1n) is 7.86. The second-order valence-electron chi connectivity index (χ2n) is 5.52. The van der Waals surface area contributed by atoms with E-state index in [0.29, 0.717) is 18.6 Å². The van der Waals surface area contributed by atoms with Crippen molar-refractivity contribution in [1.82, 2.24) is 4.83 Å². The van der Waals surface area contributed by atoms with Gasteiger partial charge in [-0.25, -0.2) is 0 Å². The van der Waals surface area contributed by atoms with Crippen LogP contribution >= 0.6 is 0 Å². The predicted octanol–water partition coefficient (Wildman–Crippen LogP) is 3.65. The zero-order valence-corrected chi connectivity index (χ0v) is 15.2. The highest BCUT2D eigenvalue weighted by molar-refractivity contribution is 7.89. The molecule has 5 nitrogen and oxygen atoms in total. The maximum absolute atomic E-state index is 12.4. The van der Waals surface area contributed by atoms with Gasteiger partial charge >= 0.3 is 0 Å². The largest absolute Gasteiger partial charge is 0.497 e. The Morgan fingerprint density at radius 3 is 2.36 bits per heavy atom. The van der Waals surface area contributed by atoms with Gasteiger partial charge < -0.3 is 4.74 Å². The SMILES string of the molecule is C=CCC/C(=N\NS(=O)(=O)c1ccc(C)cc1)c1ccc(OC)cc1. The first kappa shape index (κ1) is 18.7. The van der Waals surface area contributed by atoms with Crippen molar-refractivity contribution in [3.8, 4) is 5.75 Å². The van der Waals surface area contributed by atoms with E-state index in [1.165, 1.54) is 0 Å². The van der Waals surface area contributed by atoms with Crippen molar-refractivity contribution in [2.24, 2.45) is 5.10 Å². The van der Waals surface area contributed by atoms with E-state index in [4.69, 9.17) is 4.74 Å². The van der Waals surface area contributed by atoms with Crippen LogP contribution < -0.4 is 9.57 Å². The Morgan fingerprint density at radius 2 is 1.80 bits per heavy atom. The average molecular weight is 358 g/mol. The molecule has 0 radical (unpaired) electrons. The molecule has 2 rings (SSSR count). The molecular formula is C19H22N2O3S. The van der Waals surface area contributed by atoms with Gasteiger partial charge in [0, 0.05) is 0 Å². The number of hydrazone groups is 1. The zero-order valence-electron chi connectivity index (χ0n) is 14.4. The van der Waals surface area contributed by atoms with E-state index in [-0.39, 0.29) is 4.90 Å². The summed E-state index contributed by atoms with van der Waals surface area (Å²) >= 11 is 0. The van der Waals surface area contributed by atoms with Crippen LogP contribution in [0.4, 0.5) is 0 Å². The third-order valence-electron chi connectivity index (χ3n) is 3.64. The maximum atomic E-state index is 12.4. The molecule has 0 heterocycles. The Bertz CT molecular complexity index is 839. The summed E-state index contributed by atoms with van der Waals surface area (Å²) in [5.41, 5.74) is 2.46. The minimum Gasteiger partial charge on any atom is -0.497 e. The van der Waals surface area contributed by atoms with Crippen LogP contribution in [0.15, 0.2) is 71.2 Å². The summed E-state index contributed by atoms with van der Waals surface area (Å²) in [5.74, 6) is 0.729. The fourth-order valence-corrected chi connectivity index (χ4v) is 3.00. The normalized spacial score (nSPS) is 11.8. The summed E-state index contributed by atoms with van der Waals surface area (Å²) in [4.78, 5) is 2.51. The van der Waals surface area contributed by atoms with Gasteiger partial charge in [-0.3, -0.25) is 0 Å². The van der Waals surface area contributed by atoms with E-state index in [1.807, 2.05) is 31.2 Å². The highest BCUT2D eigenvalue weighted by atomic mass is 32.2. The smallest absolute Gasteiger partial charge is 0.276 e. The van der Waals surface area contributed by atoms with Gasteiger partial charge in [-0.05, 0) is 61.7 Å². The van der Waals surface area contributed by atoms with Crippen LogP contribution in [0.5, 0.6) is 5.75 Å². The quantitative estimate of drug-likeness (QED) is 0.445. The number of nitrogens with zero attached hydrogens (tertiary/aromatic N) is 1. The molecule has 0 fully saturated rings. The van der Waals surface area contributed by atoms with E-state index in [1.54, 1.807) is 37.5 Å². The number of sulfonamides is 1. The first-order valence-corrected chi connectivity index (χ1v) is 9.35. The van der Waals surface area contributed by atoms with Crippen LogP contribution in [0.3, 0.4) is 0 Å². The highest BCUT2D eigenvalue weighted by Gasteiger charge is 2.13. The van der Waals surface area contributed by atoms with Crippen molar-refractivity contribution in [2.45, 2.75) is 24.7 Å². The van der Waals surface area contributed by atoms with Crippen LogP contribution in [-0.4, -0.2) is 21.2 Å². The number of benzene rings is 2. The van der Waals surface area contributed by atoms with E-state index < -0.39 is 10.0 Å². The van der Waals surface area contributed by atoms with Crippen molar-refractivity contribution >= 4 is 15.7 Å². The summed E-state index contributed by atoms with van der Waals surface area (Å²) in [6.45, 7) is 5.61. The lowest BCUT2D eigenvalue weighted by Crippen LogP contribution is -2.20. The molecule has 0 aliphatic heterocycles. The lowest BCUT2D eigenvalue weighted by atomic mass is 10.1. The number of hydrogen-bond donors (Lipinski definition) is 1. The molecule has 0 saturated carbocycles. The summed E-state index contributed by atoms with van der Waals surface area (Å²) in [6.07, 6.45) is 3.04. The zero-order chi connectivity index (χ0) is 18.3. The molecule has 0 aliphatic rings. The monoisotopic (exact) mass is 358 g/mol. The van der Waals surface area contributed by atoms with Gasteiger partial charge in [-0.15, -0.1) is 6.58 Å². The minimum absolute atomic E-state index is 0.180. The van der Waals surface area contributed by atoms with Crippen molar-refractivity contribution in [1.29, 1.82) is 0 Å². The van der Waals surface area contributed by atoms with E-state index in [2.05, 4.69) is 16.5 Å². The second-order valence-corrected chi connectivity index (χ2v) is 7.18. The number of hydrogen-bond acceptors (Lipinski definition) is 4. The van der Waals surface area contributed by atoms with Gasteiger partial charge in [0.2, 0.25) is 0 Å². The van der Waals surface area contributed by atoms with Crippen molar-refractivity contribution < 1.29 is 13.2 Å². The number of allylic oxidation sites excluding steroid dienone is 1. The van der Waals surface area contributed by atoms with Crippen molar-refractivity contribution in [2.75, 3.05) is 7.11 Å². The molecule has 0 aromatic heterocycles. The Hall–Kier alpha value is -2.60. The summed E-state index contributed by atoms with van der Waals surface area (Å²) in [5, 5.41) is 4.15. The maximum Gasteiger partial charge on any atom is 0.276 e. The van der Waals surface area contributed by atoms with Gasteiger partial charge in [-0.2, -0.15) is 18.4 Å². The molecule has 0 spiro atoms. The third kappa shape index (κ3) is 5.19. The van der Waals surface area contributed by atoms with E-state index >= 15 is 0 Å². The lowest BCUT2D eigenvalue weighted by molar-refractivity contribution is 0.415. The van der Waals surface area contributed by atoms with Crippen LogP contribution in [0.2, 0.25) is 0 Å². The molecule has 1 N–H and O–H groups in total. The molecule has 0 saturated heterocycles. The fourth-order valence-electron chi connectivity index (χ4n) is 2.17.